The van der Waals surface area contributed by atoms with Crippen molar-refractivity contribution in [2.24, 2.45) is 0 Å². The van der Waals surface area contributed by atoms with Crippen molar-refractivity contribution < 1.29 is 4.39 Å². The number of nitrogens with zero attached hydrogens (tertiary/aromatic N) is 5. The summed E-state index contributed by atoms with van der Waals surface area (Å²) in [6.07, 6.45) is 7.46. The molecule has 4 heterocycles. The van der Waals surface area contributed by atoms with Crippen molar-refractivity contribution >= 4 is 34.2 Å². The number of aromatic nitrogens is 6. The molecule has 0 amide bonds. The maximum absolute atomic E-state index is 15.0. The van der Waals surface area contributed by atoms with E-state index in [2.05, 4.69) is 30.4 Å². The first kappa shape index (κ1) is 17.4. The zero-order valence-electron chi connectivity index (χ0n) is 15.1. The summed E-state index contributed by atoms with van der Waals surface area (Å²) in [6, 6.07) is 5.57. The molecule has 0 aliphatic heterocycles. The van der Waals surface area contributed by atoms with Crippen LogP contribution in [0, 0.1) is 0 Å². The highest BCUT2D eigenvalue weighted by Gasteiger charge is 2.31. The number of halogens is 2. The molecule has 1 fully saturated rings. The smallest absolute Gasteiger partial charge is 0.225 e. The quantitative estimate of drug-likeness (QED) is 0.531. The SMILES string of the molecule is FC1(CNc2nc(-c3ccc4ncc(Cl)n4n3)c3cc[nH]c3n2)CCCCC1. The number of fused-ring (bicyclic) bond motifs is 2. The van der Waals surface area contributed by atoms with E-state index in [0.29, 0.717) is 46.6 Å². The maximum Gasteiger partial charge on any atom is 0.225 e. The molecular formula is C19H19ClFN7. The van der Waals surface area contributed by atoms with E-state index in [1.165, 1.54) is 0 Å². The Morgan fingerprint density at radius 3 is 2.89 bits per heavy atom. The van der Waals surface area contributed by atoms with Crippen LogP contribution in [-0.2, 0) is 0 Å². The van der Waals surface area contributed by atoms with E-state index in [9.17, 15) is 4.39 Å². The van der Waals surface area contributed by atoms with Crippen molar-refractivity contribution in [3.63, 3.8) is 0 Å². The first-order valence-corrected chi connectivity index (χ1v) is 9.78. The Morgan fingerprint density at radius 2 is 2.04 bits per heavy atom. The minimum atomic E-state index is -1.20. The third-order valence-electron chi connectivity index (χ3n) is 5.29. The van der Waals surface area contributed by atoms with Gasteiger partial charge >= 0.3 is 0 Å². The van der Waals surface area contributed by atoms with Crippen LogP contribution in [0.2, 0.25) is 5.15 Å². The summed E-state index contributed by atoms with van der Waals surface area (Å²) in [5, 5.41) is 8.91. The van der Waals surface area contributed by atoms with Gasteiger partial charge in [0.25, 0.3) is 0 Å². The van der Waals surface area contributed by atoms with Crippen molar-refractivity contribution in [1.82, 2.24) is 29.5 Å². The molecule has 1 aliphatic rings. The second kappa shape index (κ2) is 6.70. The molecule has 28 heavy (non-hydrogen) atoms. The number of nitrogens with one attached hydrogen (secondary N) is 2. The fraction of sp³-hybridized carbons (Fsp3) is 0.368. The second-order valence-electron chi connectivity index (χ2n) is 7.27. The molecule has 0 unspecified atom stereocenters. The second-order valence-corrected chi connectivity index (χ2v) is 7.66. The van der Waals surface area contributed by atoms with Gasteiger partial charge in [-0.1, -0.05) is 30.9 Å². The predicted molar refractivity (Wildman–Crippen MR) is 106 cm³/mol. The first-order valence-electron chi connectivity index (χ1n) is 9.40. The van der Waals surface area contributed by atoms with Crippen LogP contribution in [0.5, 0.6) is 0 Å². The molecular weight excluding hydrogens is 381 g/mol. The summed E-state index contributed by atoms with van der Waals surface area (Å²) >= 11 is 6.16. The van der Waals surface area contributed by atoms with Crippen LogP contribution in [0.15, 0.2) is 30.6 Å². The fourth-order valence-corrected chi connectivity index (χ4v) is 3.96. The number of hydrogen-bond donors (Lipinski definition) is 2. The van der Waals surface area contributed by atoms with Gasteiger partial charge in [-0.15, -0.1) is 0 Å². The van der Waals surface area contributed by atoms with E-state index in [0.717, 1.165) is 24.6 Å². The number of anilines is 1. The Hall–Kier alpha value is -2.74. The lowest BCUT2D eigenvalue weighted by molar-refractivity contribution is 0.122. The Bertz CT molecular complexity index is 1150. The topological polar surface area (TPSA) is 83.8 Å². The van der Waals surface area contributed by atoms with Gasteiger partial charge in [0.05, 0.1) is 12.7 Å². The molecule has 0 atom stereocenters. The molecule has 0 bridgehead atoms. The maximum atomic E-state index is 15.0. The molecule has 4 aromatic heterocycles. The Balaban J connectivity index is 1.52. The highest BCUT2D eigenvalue weighted by Crippen LogP contribution is 2.32. The highest BCUT2D eigenvalue weighted by atomic mass is 35.5. The molecule has 0 radical (unpaired) electrons. The van der Waals surface area contributed by atoms with Crippen molar-refractivity contribution in [3.8, 4) is 11.4 Å². The lowest BCUT2D eigenvalue weighted by Crippen LogP contribution is -2.34. The summed E-state index contributed by atoms with van der Waals surface area (Å²) in [5.74, 6) is 0.381. The number of H-pyrrole nitrogens is 1. The standard InChI is InChI=1S/C19H19ClFN7/c20-14-10-23-15-5-4-13(27-28(14)15)16-12-6-9-22-17(12)26-18(25-16)24-11-19(21)7-2-1-3-8-19/h4-6,9-10H,1-3,7-8,11H2,(H2,22,24,25,26). The van der Waals surface area contributed by atoms with Crippen LogP contribution in [0.25, 0.3) is 28.1 Å². The summed E-state index contributed by atoms with van der Waals surface area (Å²) < 4.78 is 16.5. The van der Waals surface area contributed by atoms with E-state index in [-0.39, 0.29) is 6.54 Å². The van der Waals surface area contributed by atoms with Crippen LogP contribution in [-0.4, -0.2) is 41.8 Å². The van der Waals surface area contributed by atoms with E-state index < -0.39 is 5.67 Å². The van der Waals surface area contributed by atoms with Gasteiger partial charge in [0.1, 0.15) is 22.7 Å². The molecule has 0 spiro atoms. The normalized spacial score (nSPS) is 16.6. The first-order chi connectivity index (χ1) is 13.6. The van der Waals surface area contributed by atoms with Gasteiger partial charge in [-0.05, 0) is 31.0 Å². The lowest BCUT2D eigenvalue weighted by Gasteiger charge is -2.29. The fourth-order valence-electron chi connectivity index (χ4n) is 3.79. The summed E-state index contributed by atoms with van der Waals surface area (Å²) in [5.41, 5.74) is 1.41. The molecule has 7 nitrogen and oxygen atoms in total. The largest absolute Gasteiger partial charge is 0.351 e. The van der Waals surface area contributed by atoms with Crippen molar-refractivity contribution in [3.05, 3.63) is 35.7 Å². The van der Waals surface area contributed by atoms with Gasteiger partial charge in [-0.2, -0.15) is 10.1 Å². The highest BCUT2D eigenvalue weighted by molar-refractivity contribution is 6.29. The van der Waals surface area contributed by atoms with Crippen LogP contribution in [0.3, 0.4) is 0 Å². The molecule has 5 rings (SSSR count). The van der Waals surface area contributed by atoms with Crippen LogP contribution >= 0.6 is 11.6 Å². The van der Waals surface area contributed by atoms with E-state index in [4.69, 9.17) is 11.6 Å². The summed E-state index contributed by atoms with van der Waals surface area (Å²) in [7, 11) is 0. The number of imidazole rings is 1. The Kier molecular flexibility index (Phi) is 4.16. The van der Waals surface area contributed by atoms with Crippen molar-refractivity contribution in [2.45, 2.75) is 37.8 Å². The van der Waals surface area contributed by atoms with Gasteiger partial charge in [0, 0.05) is 11.6 Å². The van der Waals surface area contributed by atoms with Crippen LogP contribution < -0.4 is 5.32 Å². The number of hydrogen-bond acceptors (Lipinski definition) is 5. The van der Waals surface area contributed by atoms with Crippen molar-refractivity contribution in [2.75, 3.05) is 11.9 Å². The third kappa shape index (κ3) is 3.07. The number of rotatable bonds is 4. The van der Waals surface area contributed by atoms with E-state index in [1.807, 2.05) is 18.2 Å². The summed E-state index contributed by atoms with van der Waals surface area (Å²) in [6.45, 7) is 0.207. The lowest BCUT2D eigenvalue weighted by atomic mass is 9.86. The van der Waals surface area contributed by atoms with Gasteiger partial charge < -0.3 is 10.3 Å². The van der Waals surface area contributed by atoms with Crippen LogP contribution in [0.4, 0.5) is 10.3 Å². The molecule has 144 valence electrons. The van der Waals surface area contributed by atoms with Gasteiger partial charge in [-0.25, -0.2) is 18.9 Å². The third-order valence-corrected chi connectivity index (χ3v) is 5.55. The van der Waals surface area contributed by atoms with Gasteiger partial charge in [0.15, 0.2) is 10.8 Å². The van der Waals surface area contributed by atoms with Crippen LogP contribution in [0.1, 0.15) is 32.1 Å². The zero-order chi connectivity index (χ0) is 19.1. The monoisotopic (exact) mass is 399 g/mol. The molecule has 2 N–H and O–H groups in total. The van der Waals surface area contributed by atoms with Crippen molar-refractivity contribution in [1.29, 1.82) is 0 Å². The minimum Gasteiger partial charge on any atom is -0.351 e. The van der Waals surface area contributed by atoms with Gasteiger partial charge in [0.2, 0.25) is 5.95 Å². The molecule has 4 aromatic rings. The van der Waals surface area contributed by atoms with E-state index >= 15 is 0 Å². The molecule has 9 heteroatoms. The number of alkyl halides is 1. The Morgan fingerprint density at radius 1 is 1.18 bits per heavy atom. The molecule has 1 aliphatic carbocycles. The van der Waals surface area contributed by atoms with E-state index in [1.54, 1.807) is 16.9 Å². The average molecular weight is 400 g/mol. The van der Waals surface area contributed by atoms with Gasteiger partial charge in [-0.3, -0.25) is 0 Å². The molecule has 1 saturated carbocycles. The molecule has 0 aromatic carbocycles. The number of aromatic amines is 1. The minimum absolute atomic E-state index is 0.207. The average Bonchev–Trinajstić information content (AvgIpc) is 3.33. The Labute approximate surface area is 165 Å². The predicted octanol–water partition coefficient (Wildman–Crippen LogP) is 4.41. The zero-order valence-corrected chi connectivity index (χ0v) is 15.9. The molecule has 0 saturated heterocycles. The summed E-state index contributed by atoms with van der Waals surface area (Å²) in [4.78, 5) is 16.4.